The lowest BCUT2D eigenvalue weighted by atomic mass is 9.96. The van der Waals surface area contributed by atoms with E-state index in [-0.39, 0.29) is 22.8 Å². The molecule has 0 saturated heterocycles. The molecule has 0 radical (unpaired) electrons. The van der Waals surface area contributed by atoms with Crippen molar-refractivity contribution in [1.82, 2.24) is 5.32 Å². The molecule has 3 heteroatoms. The van der Waals surface area contributed by atoms with Crippen LogP contribution >= 0.6 is 0 Å². The van der Waals surface area contributed by atoms with E-state index in [1.165, 1.54) is 0 Å². The molecule has 92 valence electrons. The van der Waals surface area contributed by atoms with E-state index < -0.39 is 5.54 Å². The van der Waals surface area contributed by atoms with Crippen LogP contribution in [0.5, 0.6) is 0 Å². The minimum absolute atomic E-state index is 0.0265. The van der Waals surface area contributed by atoms with Gasteiger partial charge in [-0.15, -0.1) is 0 Å². The summed E-state index contributed by atoms with van der Waals surface area (Å²) in [7, 11) is 0. The molecule has 0 heterocycles. The van der Waals surface area contributed by atoms with Crippen molar-refractivity contribution >= 4 is 5.91 Å². The molecule has 2 saturated carbocycles. The van der Waals surface area contributed by atoms with Crippen molar-refractivity contribution < 1.29 is 4.79 Å². The second-order valence-electron chi connectivity index (χ2n) is 6.91. The second-order valence-corrected chi connectivity index (χ2v) is 6.91. The smallest absolute Gasteiger partial charge is 0.240 e. The molecule has 0 aromatic carbocycles. The van der Waals surface area contributed by atoms with Crippen molar-refractivity contribution in [3.8, 4) is 0 Å². The first-order valence-electron chi connectivity index (χ1n) is 6.21. The molecule has 3 nitrogen and oxygen atoms in total. The summed E-state index contributed by atoms with van der Waals surface area (Å²) >= 11 is 0. The summed E-state index contributed by atoms with van der Waals surface area (Å²) in [5.74, 6) is 0.413. The fourth-order valence-electron chi connectivity index (χ4n) is 2.71. The van der Waals surface area contributed by atoms with E-state index in [9.17, 15) is 4.79 Å². The predicted molar refractivity (Wildman–Crippen MR) is 64.8 cm³/mol. The van der Waals surface area contributed by atoms with Crippen molar-refractivity contribution in [3.63, 3.8) is 0 Å². The molecular formula is C13H24N2O. The van der Waals surface area contributed by atoms with Gasteiger partial charge in [-0.25, -0.2) is 0 Å². The SMILES string of the molecule is CC(N)(C(=O)NC1C(C)(C)C1(C)C)C1CC1. The van der Waals surface area contributed by atoms with Gasteiger partial charge in [0.05, 0.1) is 5.54 Å². The predicted octanol–water partition coefficient (Wildman–Crippen LogP) is 1.66. The van der Waals surface area contributed by atoms with Crippen LogP contribution in [0.2, 0.25) is 0 Å². The lowest BCUT2D eigenvalue weighted by molar-refractivity contribution is -0.126. The topological polar surface area (TPSA) is 55.1 Å². The molecule has 3 N–H and O–H groups in total. The number of amides is 1. The summed E-state index contributed by atoms with van der Waals surface area (Å²) in [5, 5.41) is 3.13. The van der Waals surface area contributed by atoms with Crippen molar-refractivity contribution in [2.24, 2.45) is 22.5 Å². The Morgan fingerprint density at radius 3 is 2.00 bits per heavy atom. The minimum Gasteiger partial charge on any atom is -0.351 e. The number of carbonyl (C=O) groups is 1. The highest BCUT2D eigenvalue weighted by molar-refractivity contribution is 5.87. The molecule has 2 aliphatic rings. The average Bonchev–Trinajstić information content (AvgIpc) is 3.00. The van der Waals surface area contributed by atoms with Crippen LogP contribution in [0.15, 0.2) is 0 Å². The van der Waals surface area contributed by atoms with Crippen molar-refractivity contribution in [3.05, 3.63) is 0 Å². The van der Waals surface area contributed by atoms with E-state index in [1.807, 2.05) is 6.92 Å². The quantitative estimate of drug-likeness (QED) is 0.766. The van der Waals surface area contributed by atoms with Gasteiger partial charge in [-0.3, -0.25) is 4.79 Å². The Labute approximate surface area is 98.2 Å². The standard InChI is InChI=1S/C13H24N2O/c1-11(2)9(12(11,3)4)15-10(16)13(5,14)8-6-7-8/h8-9H,6-7,14H2,1-5H3,(H,15,16). The molecule has 1 unspecified atom stereocenters. The Bertz CT molecular complexity index is 313. The molecule has 1 amide bonds. The minimum atomic E-state index is -0.672. The van der Waals surface area contributed by atoms with Crippen LogP contribution < -0.4 is 11.1 Å². The van der Waals surface area contributed by atoms with Crippen LogP contribution in [0.1, 0.15) is 47.5 Å². The van der Waals surface area contributed by atoms with E-state index in [0.717, 1.165) is 12.8 Å². The summed E-state index contributed by atoms with van der Waals surface area (Å²) < 4.78 is 0. The summed E-state index contributed by atoms with van der Waals surface area (Å²) in [6.45, 7) is 10.7. The molecule has 16 heavy (non-hydrogen) atoms. The van der Waals surface area contributed by atoms with Crippen LogP contribution in [-0.2, 0) is 4.79 Å². The van der Waals surface area contributed by atoms with Gasteiger partial charge in [0.2, 0.25) is 5.91 Å². The Morgan fingerprint density at radius 2 is 1.69 bits per heavy atom. The van der Waals surface area contributed by atoms with Gasteiger partial charge < -0.3 is 11.1 Å². The normalized spacial score (nSPS) is 30.6. The van der Waals surface area contributed by atoms with Crippen molar-refractivity contribution in [2.45, 2.75) is 59.0 Å². The molecule has 2 fully saturated rings. The number of nitrogens with two attached hydrogens (primary N) is 1. The highest BCUT2D eigenvalue weighted by atomic mass is 16.2. The maximum atomic E-state index is 12.1. The first kappa shape index (κ1) is 11.9. The fraction of sp³-hybridized carbons (Fsp3) is 0.923. The van der Waals surface area contributed by atoms with E-state index >= 15 is 0 Å². The molecule has 0 aromatic heterocycles. The van der Waals surface area contributed by atoms with Crippen LogP contribution in [0, 0.1) is 16.7 Å². The molecule has 0 bridgehead atoms. The lowest BCUT2D eigenvalue weighted by Gasteiger charge is -2.24. The van der Waals surface area contributed by atoms with Gasteiger partial charge in [-0.2, -0.15) is 0 Å². The largest absolute Gasteiger partial charge is 0.351 e. The van der Waals surface area contributed by atoms with Gasteiger partial charge in [-0.1, -0.05) is 27.7 Å². The fourth-order valence-corrected chi connectivity index (χ4v) is 2.71. The Hall–Kier alpha value is -0.570. The van der Waals surface area contributed by atoms with Gasteiger partial charge >= 0.3 is 0 Å². The lowest BCUT2D eigenvalue weighted by Crippen LogP contribution is -2.54. The summed E-state index contributed by atoms with van der Waals surface area (Å²) in [5.41, 5.74) is 5.80. The monoisotopic (exact) mass is 224 g/mol. The van der Waals surface area contributed by atoms with Gasteiger partial charge in [-0.05, 0) is 36.5 Å². The third-order valence-corrected chi connectivity index (χ3v) is 5.21. The van der Waals surface area contributed by atoms with Crippen LogP contribution in [0.3, 0.4) is 0 Å². The second kappa shape index (κ2) is 3.00. The Morgan fingerprint density at radius 1 is 1.25 bits per heavy atom. The maximum absolute atomic E-state index is 12.1. The zero-order valence-electron chi connectivity index (χ0n) is 11.1. The Balaban J connectivity index is 1.99. The van der Waals surface area contributed by atoms with Crippen LogP contribution in [-0.4, -0.2) is 17.5 Å². The average molecular weight is 224 g/mol. The number of hydrogen-bond acceptors (Lipinski definition) is 2. The summed E-state index contributed by atoms with van der Waals surface area (Å²) in [6, 6.07) is 0.258. The molecule has 0 aromatic rings. The van der Waals surface area contributed by atoms with Gasteiger partial charge in [0.15, 0.2) is 0 Å². The molecule has 0 aliphatic heterocycles. The first-order chi connectivity index (χ1) is 7.12. The van der Waals surface area contributed by atoms with Crippen molar-refractivity contribution in [2.75, 3.05) is 0 Å². The first-order valence-corrected chi connectivity index (χ1v) is 6.21. The number of rotatable bonds is 3. The van der Waals surface area contributed by atoms with E-state index in [1.54, 1.807) is 0 Å². The molecule has 1 atom stereocenters. The third-order valence-electron chi connectivity index (χ3n) is 5.21. The zero-order chi connectivity index (χ0) is 12.4. The molecule has 2 aliphatic carbocycles. The van der Waals surface area contributed by atoms with Crippen LogP contribution in [0.4, 0.5) is 0 Å². The summed E-state index contributed by atoms with van der Waals surface area (Å²) in [4.78, 5) is 12.1. The number of carbonyl (C=O) groups excluding carboxylic acids is 1. The van der Waals surface area contributed by atoms with E-state index in [0.29, 0.717) is 5.92 Å². The molecule has 0 spiro atoms. The van der Waals surface area contributed by atoms with Crippen LogP contribution in [0.25, 0.3) is 0 Å². The zero-order valence-corrected chi connectivity index (χ0v) is 11.1. The highest BCUT2D eigenvalue weighted by Gasteiger charge is 2.66. The summed E-state index contributed by atoms with van der Waals surface area (Å²) in [6.07, 6.45) is 2.19. The Kier molecular flexibility index (Phi) is 2.24. The molecule has 2 rings (SSSR count). The van der Waals surface area contributed by atoms with Gasteiger partial charge in [0.25, 0.3) is 0 Å². The van der Waals surface area contributed by atoms with Crippen molar-refractivity contribution in [1.29, 1.82) is 0 Å². The maximum Gasteiger partial charge on any atom is 0.240 e. The van der Waals surface area contributed by atoms with Gasteiger partial charge in [0.1, 0.15) is 0 Å². The molecular weight excluding hydrogens is 200 g/mol. The van der Waals surface area contributed by atoms with E-state index in [4.69, 9.17) is 5.73 Å². The number of nitrogens with one attached hydrogen (secondary N) is 1. The van der Waals surface area contributed by atoms with Gasteiger partial charge in [0, 0.05) is 6.04 Å². The highest BCUT2D eigenvalue weighted by Crippen LogP contribution is 2.62. The number of hydrogen-bond donors (Lipinski definition) is 2. The third kappa shape index (κ3) is 1.48. The van der Waals surface area contributed by atoms with E-state index in [2.05, 4.69) is 33.0 Å².